The molecule has 0 radical (unpaired) electrons. The van der Waals surface area contributed by atoms with Gasteiger partial charge >= 0.3 is 6.01 Å². The predicted molar refractivity (Wildman–Crippen MR) is 57.7 cm³/mol. The maximum atomic E-state index is 5.43. The monoisotopic (exact) mass is 207 g/mol. The van der Waals surface area contributed by atoms with E-state index in [0.717, 1.165) is 26.1 Å². The van der Waals surface area contributed by atoms with Crippen LogP contribution in [0.15, 0.2) is 4.99 Å². The van der Waals surface area contributed by atoms with Crippen molar-refractivity contribution in [3.63, 3.8) is 0 Å². The second-order valence-corrected chi connectivity index (χ2v) is 2.92. The second-order valence-electron chi connectivity index (χ2n) is 2.92. The first-order chi connectivity index (χ1) is 5.66. The van der Waals surface area contributed by atoms with E-state index in [1.807, 2.05) is 6.92 Å². The fraction of sp³-hybridized carbons (Fsp3) is 0.875. The molecule has 0 spiro atoms. The number of hydrogen-bond acceptors (Lipinski definition) is 3. The number of hydrazine groups is 1. The highest BCUT2D eigenvalue weighted by Gasteiger charge is 1.91. The third kappa shape index (κ3) is 11.4. The smallest absolute Gasteiger partial charge is 0.309 e. The Morgan fingerprint density at radius 1 is 1.46 bits per heavy atom. The van der Waals surface area contributed by atoms with Crippen LogP contribution in [0.4, 0.5) is 0 Å². The quantitative estimate of drug-likeness (QED) is 0.234. The minimum Gasteiger partial charge on any atom is -0.309 e. The summed E-state index contributed by atoms with van der Waals surface area (Å²) < 4.78 is 1.45. The van der Waals surface area contributed by atoms with Crippen LogP contribution in [0.2, 0.25) is 0 Å². The summed E-state index contributed by atoms with van der Waals surface area (Å²) in [5, 5.41) is 0. The fourth-order valence-corrected chi connectivity index (χ4v) is 0.678. The van der Waals surface area contributed by atoms with Crippen molar-refractivity contribution in [2.24, 2.45) is 10.8 Å². The normalized spacial score (nSPS) is 8.92. The highest BCUT2D eigenvalue weighted by Crippen LogP contribution is 1.82. The van der Waals surface area contributed by atoms with E-state index < -0.39 is 0 Å². The van der Waals surface area contributed by atoms with Crippen LogP contribution in [0.5, 0.6) is 0 Å². The van der Waals surface area contributed by atoms with Gasteiger partial charge in [0.2, 0.25) is 0 Å². The molecule has 0 aromatic carbocycles. The van der Waals surface area contributed by atoms with E-state index in [1.54, 1.807) is 0 Å². The second kappa shape index (κ2) is 9.52. The van der Waals surface area contributed by atoms with Gasteiger partial charge in [-0.1, -0.05) is 0 Å². The lowest BCUT2D eigenvalue weighted by atomic mass is 10.4. The van der Waals surface area contributed by atoms with Gasteiger partial charge in [-0.15, -0.1) is 17.1 Å². The minimum atomic E-state index is 0. The number of nitrogens with two attached hydrogens (primary N) is 1. The molecule has 0 aliphatic carbocycles. The van der Waals surface area contributed by atoms with Gasteiger partial charge in [0.1, 0.15) is 13.1 Å². The Balaban J connectivity index is 0. The van der Waals surface area contributed by atoms with Gasteiger partial charge in [0.15, 0.2) is 0 Å². The molecule has 0 amide bonds. The van der Waals surface area contributed by atoms with Crippen molar-refractivity contribution in [2.45, 2.75) is 13.3 Å². The Kier molecular flexibility index (Phi) is 10.9. The number of nitrogens with zero attached hydrogens (tertiary/aromatic N) is 3. The molecule has 2 N–H and O–H groups in total. The summed E-state index contributed by atoms with van der Waals surface area (Å²) in [6.45, 7) is 4.56. The summed E-state index contributed by atoms with van der Waals surface area (Å²) in [4.78, 5) is 6.17. The van der Waals surface area contributed by atoms with Crippen LogP contribution in [0.3, 0.4) is 0 Å². The number of aliphatic imine (C=N–C) groups is 1. The number of hydrogen-bond donors (Lipinski definition) is 1. The highest BCUT2D eigenvalue weighted by molar-refractivity contribution is 5.85. The average Bonchev–Trinajstić information content (AvgIpc) is 2.03. The zero-order valence-electron chi connectivity index (χ0n) is 8.66. The van der Waals surface area contributed by atoms with Gasteiger partial charge in [0.05, 0.1) is 0 Å². The summed E-state index contributed by atoms with van der Waals surface area (Å²) in [5.41, 5.74) is 0. The molecule has 0 atom stereocenters. The lowest BCUT2D eigenvalue weighted by Gasteiger charge is -2.04. The van der Waals surface area contributed by atoms with E-state index in [1.165, 1.54) is 4.68 Å². The average molecular weight is 208 g/mol. The third-order valence-electron chi connectivity index (χ3n) is 1.42. The summed E-state index contributed by atoms with van der Waals surface area (Å²) >= 11 is 0. The minimum absolute atomic E-state index is 0. The first-order valence-electron chi connectivity index (χ1n) is 4.26. The highest BCUT2D eigenvalue weighted by atomic mass is 35.5. The predicted octanol–water partition coefficient (Wildman–Crippen LogP) is 0.440. The van der Waals surface area contributed by atoms with Gasteiger partial charge in [-0.05, 0) is 26.0 Å². The Hall–Kier alpha value is -0.570. The molecule has 0 aromatic heterocycles. The van der Waals surface area contributed by atoms with Crippen molar-refractivity contribution < 1.29 is 4.68 Å². The van der Waals surface area contributed by atoms with Crippen LogP contribution in [0.25, 0.3) is 0 Å². The zero-order chi connectivity index (χ0) is 9.40. The third-order valence-corrected chi connectivity index (χ3v) is 1.42. The molecule has 0 heterocycles. The van der Waals surface area contributed by atoms with Crippen molar-refractivity contribution in [3.05, 3.63) is 0 Å². The molecule has 5 heteroatoms. The van der Waals surface area contributed by atoms with E-state index in [4.69, 9.17) is 5.84 Å². The number of hydrazone groups is 1. The van der Waals surface area contributed by atoms with Crippen LogP contribution in [-0.2, 0) is 0 Å². The van der Waals surface area contributed by atoms with Gasteiger partial charge < -0.3 is 4.90 Å². The Morgan fingerprint density at radius 3 is 2.54 bits per heavy atom. The lowest BCUT2D eigenvalue weighted by Crippen LogP contribution is -2.18. The van der Waals surface area contributed by atoms with Crippen LogP contribution in [-0.4, -0.2) is 49.3 Å². The van der Waals surface area contributed by atoms with E-state index in [0.29, 0.717) is 0 Å². The number of rotatable bonds is 5. The van der Waals surface area contributed by atoms with E-state index in [2.05, 4.69) is 30.0 Å². The molecule has 13 heavy (non-hydrogen) atoms. The van der Waals surface area contributed by atoms with Gasteiger partial charge in [-0.25, -0.2) is 0 Å². The van der Waals surface area contributed by atoms with Crippen molar-refractivity contribution in [2.75, 3.05) is 33.7 Å². The molecule has 0 saturated carbocycles. The summed E-state index contributed by atoms with van der Waals surface area (Å²) in [5.74, 6) is 5.43. The van der Waals surface area contributed by atoms with Gasteiger partial charge in [-0.3, -0.25) is 5.84 Å². The van der Waals surface area contributed by atoms with Crippen LogP contribution < -0.4 is 5.84 Å². The van der Waals surface area contributed by atoms with Crippen molar-refractivity contribution in [3.8, 4) is 0 Å². The van der Waals surface area contributed by atoms with Gasteiger partial charge in [0, 0.05) is 13.0 Å². The molecule has 0 aliphatic rings. The number of halogens is 1. The standard InChI is InChI=1S/C8H19N4.ClH/c1-4-12(9)8-10-6-5-7-11(2)3;/h4-7,9H2,1-3H3;1H/q+1;. The maximum Gasteiger partial charge on any atom is 0.331 e. The molecule has 4 nitrogen and oxygen atoms in total. The van der Waals surface area contributed by atoms with Gasteiger partial charge in [0.25, 0.3) is 0 Å². The fourth-order valence-electron chi connectivity index (χ4n) is 0.678. The molecule has 0 fully saturated rings. The Labute approximate surface area is 86.5 Å². The van der Waals surface area contributed by atoms with Crippen molar-refractivity contribution >= 4 is 18.4 Å². The first kappa shape index (κ1) is 14.9. The first-order valence-corrected chi connectivity index (χ1v) is 4.26. The van der Waals surface area contributed by atoms with Crippen molar-refractivity contribution in [1.29, 1.82) is 0 Å². The summed E-state index contributed by atoms with van der Waals surface area (Å²) in [6.07, 6.45) is 1.05. The molecule has 0 aromatic rings. The Morgan fingerprint density at radius 2 is 2.08 bits per heavy atom. The van der Waals surface area contributed by atoms with Crippen LogP contribution in [0.1, 0.15) is 13.3 Å². The zero-order valence-corrected chi connectivity index (χ0v) is 9.47. The molecule has 0 saturated heterocycles. The van der Waals surface area contributed by atoms with Gasteiger partial charge in [-0.2, -0.15) is 0 Å². The molecule has 0 bridgehead atoms. The summed E-state index contributed by atoms with van der Waals surface area (Å²) in [6, 6.07) is 2.72. The van der Waals surface area contributed by atoms with E-state index >= 15 is 0 Å². The lowest BCUT2D eigenvalue weighted by molar-refractivity contribution is -0.529. The van der Waals surface area contributed by atoms with E-state index in [9.17, 15) is 0 Å². The van der Waals surface area contributed by atoms with Crippen LogP contribution >= 0.6 is 12.4 Å². The Bertz CT molecular complexity index is 173. The molecule has 0 rings (SSSR count). The SMILES string of the molecule is CC[N+](N)=C=NCCCN(C)C.Cl. The maximum absolute atomic E-state index is 5.43. The topological polar surface area (TPSA) is 44.6 Å². The summed E-state index contributed by atoms with van der Waals surface area (Å²) in [7, 11) is 4.10. The molecule has 0 aliphatic heterocycles. The molecule has 0 unspecified atom stereocenters. The van der Waals surface area contributed by atoms with Crippen molar-refractivity contribution in [1.82, 2.24) is 4.90 Å². The molecular formula is C8H20ClN4+. The largest absolute Gasteiger partial charge is 0.331 e. The van der Waals surface area contributed by atoms with E-state index in [-0.39, 0.29) is 12.4 Å². The molecular weight excluding hydrogens is 188 g/mol. The van der Waals surface area contributed by atoms with Crippen LogP contribution in [0, 0.1) is 0 Å². The molecule has 78 valence electrons.